The lowest BCUT2D eigenvalue weighted by Crippen LogP contribution is -2.47. The SMILES string of the molecule is CCc1nc2ccccc2n1CC(=O)N1CCCC[C@H]1CCN1CCC(C)CC1. The maximum atomic E-state index is 13.3. The minimum atomic E-state index is 0.264. The van der Waals surface area contributed by atoms with E-state index >= 15 is 0 Å². The molecule has 2 aliphatic rings. The molecular weight excluding hydrogens is 360 g/mol. The number of rotatable bonds is 6. The van der Waals surface area contributed by atoms with Gasteiger partial charge in [0.25, 0.3) is 0 Å². The second-order valence-corrected chi connectivity index (χ2v) is 9.01. The first-order valence-electron chi connectivity index (χ1n) is 11.6. The average molecular weight is 397 g/mol. The van der Waals surface area contributed by atoms with E-state index in [1.165, 1.54) is 32.4 Å². The van der Waals surface area contributed by atoms with Crippen LogP contribution in [0.5, 0.6) is 0 Å². The van der Waals surface area contributed by atoms with E-state index in [1.807, 2.05) is 18.2 Å². The number of amides is 1. The predicted octanol–water partition coefficient (Wildman–Crippen LogP) is 4.10. The number of aryl methyl sites for hydroxylation is 1. The fraction of sp³-hybridized carbons (Fsp3) is 0.667. The Morgan fingerprint density at radius 1 is 1.10 bits per heavy atom. The maximum Gasteiger partial charge on any atom is 0.242 e. The molecule has 5 nitrogen and oxygen atoms in total. The molecule has 0 N–H and O–H groups in total. The first kappa shape index (κ1) is 20.4. The molecule has 3 heterocycles. The number of hydrogen-bond donors (Lipinski definition) is 0. The van der Waals surface area contributed by atoms with Crippen molar-refractivity contribution in [3.05, 3.63) is 30.1 Å². The number of carbonyl (C=O) groups is 1. The molecule has 2 saturated heterocycles. The molecule has 2 aromatic rings. The summed E-state index contributed by atoms with van der Waals surface area (Å²) in [5.74, 6) is 2.15. The van der Waals surface area contributed by atoms with Gasteiger partial charge in [0.1, 0.15) is 12.4 Å². The van der Waals surface area contributed by atoms with E-state index in [0.29, 0.717) is 12.6 Å². The van der Waals surface area contributed by atoms with Gasteiger partial charge >= 0.3 is 0 Å². The van der Waals surface area contributed by atoms with Crippen LogP contribution in [0.4, 0.5) is 0 Å². The Hall–Kier alpha value is -1.88. The number of imidazole rings is 1. The molecule has 0 aliphatic carbocycles. The molecule has 1 amide bonds. The zero-order chi connectivity index (χ0) is 20.2. The van der Waals surface area contributed by atoms with Crippen molar-refractivity contribution >= 4 is 16.9 Å². The number of carbonyl (C=O) groups excluding carboxylic acids is 1. The first-order chi connectivity index (χ1) is 14.2. The Labute approximate surface area is 175 Å². The number of likely N-dealkylation sites (tertiary alicyclic amines) is 2. The fourth-order valence-corrected chi connectivity index (χ4v) is 5.04. The average Bonchev–Trinajstić information content (AvgIpc) is 3.11. The third-order valence-electron chi connectivity index (χ3n) is 6.95. The van der Waals surface area contributed by atoms with Gasteiger partial charge in [-0.1, -0.05) is 26.0 Å². The standard InChI is InChI=1S/C24H36N4O/c1-3-23-25-21-9-4-5-10-22(21)28(23)18-24(29)27-14-7-6-8-20(27)13-17-26-15-11-19(2)12-16-26/h4-5,9-10,19-20H,3,6-8,11-18H2,1-2H3/t20-/m0/s1. The molecule has 29 heavy (non-hydrogen) atoms. The van der Waals surface area contributed by atoms with E-state index in [-0.39, 0.29) is 5.91 Å². The van der Waals surface area contributed by atoms with E-state index in [1.54, 1.807) is 0 Å². The molecule has 0 spiro atoms. The van der Waals surface area contributed by atoms with Gasteiger partial charge in [-0.2, -0.15) is 0 Å². The zero-order valence-corrected chi connectivity index (χ0v) is 18.1. The van der Waals surface area contributed by atoms with E-state index < -0.39 is 0 Å². The van der Waals surface area contributed by atoms with E-state index in [2.05, 4.69) is 34.3 Å². The van der Waals surface area contributed by atoms with Crippen LogP contribution < -0.4 is 0 Å². The molecule has 0 radical (unpaired) electrons. The molecule has 158 valence electrons. The lowest BCUT2D eigenvalue weighted by molar-refractivity contribution is -0.135. The Morgan fingerprint density at radius 2 is 1.90 bits per heavy atom. The highest BCUT2D eigenvalue weighted by Gasteiger charge is 2.28. The van der Waals surface area contributed by atoms with Crippen LogP contribution in [0.25, 0.3) is 11.0 Å². The van der Waals surface area contributed by atoms with Crippen molar-refractivity contribution in [3.63, 3.8) is 0 Å². The number of benzene rings is 1. The van der Waals surface area contributed by atoms with Crippen LogP contribution in [0.1, 0.15) is 58.2 Å². The van der Waals surface area contributed by atoms with Gasteiger partial charge in [-0.25, -0.2) is 4.98 Å². The van der Waals surface area contributed by atoms with Crippen molar-refractivity contribution in [2.24, 2.45) is 5.92 Å². The van der Waals surface area contributed by atoms with Crippen molar-refractivity contribution < 1.29 is 4.79 Å². The van der Waals surface area contributed by atoms with Gasteiger partial charge in [-0.3, -0.25) is 4.79 Å². The van der Waals surface area contributed by atoms with E-state index in [9.17, 15) is 4.79 Å². The fourth-order valence-electron chi connectivity index (χ4n) is 5.04. The second kappa shape index (κ2) is 9.29. The van der Waals surface area contributed by atoms with Gasteiger partial charge < -0.3 is 14.4 Å². The third-order valence-corrected chi connectivity index (χ3v) is 6.95. The molecule has 1 aromatic heterocycles. The minimum absolute atomic E-state index is 0.264. The summed E-state index contributed by atoms with van der Waals surface area (Å²) in [6.45, 7) is 9.39. The number of hydrogen-bond acceptors (Lipinski definition) is 3. The molecular formula is C24H36N4O. The smallest absolute Gasteiger partial charge is 0.242 e. The summed E-state index contributed by atoms with van der Waals surface area (Å²) in [4.78, 5) is 22.9. The minimum Gasteiger partial charge on any atom is -0.338 e. The molecule has 4 rings (SSSR count). The summed E-state index contributed by atoms with van der Waals surface area (Å²) in [5.41, 5.74) is 2.07. The third kappa shape index (κ3) is 4.66. The summed E-state index contributed by atoms with van der Waals surface area (Å²) in [6.07, 6.45) is 8.14. The van der Waals surface area contributed by atoms with Crippen molar-refractivity contribution in [3.8, 4) is 0 Å². The van der Waals surface area contributed by atoms with Crippen LogP contribution in [-0.4, -0.2) is 57.5 Å². The van der Waals surface area contributed by atoms with Gasteiger partial charge in [0.05, 0.1) is 11.0 Å². The molecule has 5 heteroatoms. The van der Waals surface area contributed by atoms with Crippen LogP contribution >= 0.6 is 0 Å². The summed E-state index contributed by atoms with van der Waals surface area (Å²) < 4.78 is 2.13. The Morgan fingerprint density at radius 3 is 2.69 bits per heavy atom. The van der Waals surface area contributed by atoms with E-state index in [4.69, 9.17) is 4.98 Å². The highest BCUT2D eigenvalue weighted by atomic mass is 16.2. The van der Waals surface area contributed by atoms with E-state index in [0.717, 1.165) is 61.5 Å². The van der Waals surface area contributed by atoms with Gasteiger partial charge in [0.2, 0.25) is 5.91 Å². The summed E-state index contributed by atoms with van der Waals surface area (Å²) in [6, 6.07) is 8.57. The van der Waals surface area contributed by atoms with Crippen LogP contribution in [0.2, 0.25) is 0 Å². The summed E-state index contributed by atoms with van der Waals surface area (Å²) in [7, 11) is 0. The Balaban J connectivity index is 1.42. The van der Waals surface area contributed by atoms with Crippen molar-refractivity contribution in [1.29, 1.82) is 0 Å². The van der Waals surface area contributed by atoms with Crippen LogP contribution in [0.15, 0.2) is 24.3 Å². The van der Waals surface area contributed by atoms with Crippen LogP contribution in [0, 0.1) is 5.92 Å². The number of aromatic nitrogens is 2. The number of nitrogens with zero attached hydrogens (tertiary/aromatic N) is 4. The molecule has 2 aliphatic heterocycles. The maximum absolute atomic E-state index is 13.3. The highest BCUT2D eigenvalue weighted by molar-refractivity contribution is 5.81. The quantitative estimate of drug-likeness (QED) is 0.738. The highest BCUT2D eigenvalue weighted by Crippen LogP contribution is 2.24. The normalized spacial score (nSPS) is 21.7. The molecule has 2 fully saturated rings. The van der Waals surface area contributed by atoms with Crippen molar-refractivity contribution in [2.45, 2.75) is 71.4 Å². The van der Waals surface area contributed by atoms with Crippen molar-refractivity contribution in [1.82, 2.24) is 19.4 Å². The molecule has 0 unspecified atom stereocenters. The molecule has 0 saturated carbocycles. The largest absolute Gasteiger partial charge is 0.338 e. The predicted molar refractivity (Wildman–Crippen MR) is 118 cm³/mol. The Bertz CT molecular complexity index is 821. The lowest BCUT2D eigenvalue weighted by Gasteiger charge is -2.38. The summed E-state index contributed by atoms with van der Waals surface area (Å²) >= 11 is 0. The van der Waals surface area contributed by atoms with Crippen molar-refractivity contribution in [2.75, 3.05) is 26.2 Å². The van der Waals surface area contributed by atoms with Gasteiger partial charge in [0.15, 0.2) is 0 Å². The molecule has 0 bridgehead atoms. The second-order valence-electron chi connectivity index (χ2n) is 9.01. The summed E-state index contributed by atoms with van der Waals surface area (Å²) in [5, 5.41) is 0. The molecule has 1 aromatic carbocycles. The van der Waals surface area contributed by atoms with Gasteiger partial charge in [-0.05, 0) is 69.7 Å². The number of para-hydroxylation sites is 2. The van der Waals surface area contributed by atoms with Crippen LogP contribution in [-0.2, 0) is 17.8 Å². The topological polar surface area (TPSA) is 41.4 Å². The Kier molecular flexibility index (Phi) is 6.53. The number of piperidine rings is 2. The zero-order valence-electron chi connectivity index (χ0n) is 18.1. The monoisotopic (exact) mass is 396 g/mol. The molecule has 1 atom stereocenters. The van der Waals surface area contributed by atoms with Gasteiger partial charge in [-0.15, -0.1) is 0 Å². The van der Waals surface area contributed by atoms with Crippen LogP contribution in [0.3, 0.4) is 0 Å². The lowest BCUT2D eigenvalue weighted by atomic mass is 9.96. The number of fused-ring (bicyclic) bond motifs is 1. The van der Waals surface area contributed by atoms with Gasteiger partial charge in [0, 0.05) is 25.6 Å². The first-order valence-corrected chi connectivity index (χ1v) is 11.6.